The number of nitrogens with zero attached hydrogens (tertiary/aromatic N) is 2. The predicted octanol–water partition coefficient (Wildman–Crippen LogP) is 3.77. The molecule has 1 N–H and O–H groups in total. The van der Waals surface area contributed by atoms with Crippen LogP contribution in [0.25, 0.3) is 0 Å². The Morgan fingerprint density at radius 3 is 2.45 bits per heavy atom. The van der Waals surface area contributed by atoms with Crippen LogP contribution in [0.5, 0.6) is 0 Å². The molecule has 1 heterocycles. The molecule has 2 aromatic rings. The second-order valence-electron chi connectivity index (χ2n) is 7.29. The van der Waals surface area contributed by atoms with E-state index in [4.69, 9.17) is 0 Å². The first-order chi connectivity index (χ1) is 10.5. The van der Waals surface area contributed by atoms with Crippen molar-refractivity contribution < 1.29 is 0 Å². The molecular formula is C19H29N3. The molecule has 0 bridgehead atoms. The minimum Gasteiger partial charge on any atom is -0.311 e. The zero-order valence-corrected chi connectivity index (χ0v) is 14.3. The summed E-state index contributed by atoms with van der Waals surface area (Å²) in [7, 11) is 0. The van der Waals surface area contributed by atoms with Crippen molar-refractivity contribution in [2.75, 3.05) is 6.54 Å². The van der Waals surface area contributed by atoms with Gasteiger partial charge in [-0.1, -0.05) is 58.0 Å². The Hall–Kier alpha value is -1.61. The fourth-order valence-corrected chi connectivity index (χ4v) is 2.74. The lowest BCUT2D eigenvalue weighted by atomic mass is 9.85. The third-order valence-corrected chi connectivity index (χ3v) is 4.12. The largest absolute Gasteiger partial charge is 0.311 e. The Bertz CT molecular complexity index is 529. The van der Waals surface area contributed by atoms with Crippen LogP contribution in [-0.4, -0.2) is 22.4 Å². The third-order valence-electron chi connectivity index (χ3n) is 4.12. The Kier molecular flexibility index (Phi) is 5.78. The van der Waals surface area contributed by atoms with E-state index in [0.717, 1.165) is 19.5 Å². The first kappa shape index (κ1) is 16.8. The van der Waals surface area contributed by atoms with E-state index in [-0.39, 0.29) is 5.41 Å². The Morgan fingerprint density at radius 1 is 1.14 bits per heavy atom. The van der Waals surface area contributed by atoms with E-state index in [2.05, 4.69) is 68.4 Å². The van der Waals surface area contributed by atoms with Gasteiger partial charge in [-0.3, -0.25) is 4.68 Å². The van der Waals surface area contributed by atoms with Gasteiger partial charge in [0.05, 0.1) is 6.54 Å². The van der Waals surface area contributed by atoms with E-state index in [0.29, 0.717) is 12.0 Å². The second kappa shape index (κ2) is 7.59. The van der Waals surface area contributed by atoms with Gasteiger partial charge in [-0.2, -0.15) is 5.10 Å². The normalized spacial score (nSPS) is 13.5. The zero-order valence-electron chi connectivity index (χ0n) is 14.3. The van der Waals surface area contributed by atoms with Gasteiger partial charge in [0.2, 0.25) is 0 Å². The summed E-state index contributed by atoms with van der Waals surface area (Å²) in [6, 6.07) is 13.2. The molecule has 0 aliphatic carbocycles. The molecule has 1 atom stereocenters. The maximum Gasteiger partial charge on any atom is 0.0565 e. The molecule has 0 fully saturated rings. The molecule has 0 aliphatic rings. The lowest BCUT2D eigenvalue weighted by Crippen LogP contribution is -2.43. The van der Waals surface area contributed by atoms with Crippen LogP contribution in [0, 0.1) is 11.3 Å². The highest BCUT2D eigenvalue weighted by atomic mass is 15.3. The van der Waals surface area contributed by atoms with Crippen molar-refractivity contribution in [3.8, 4) is 0 Å². The topological polar surface area (TPSA) is 29.9 Å². The first-order valence-electron chi connectivity index (χ1n) is 8.21. The lowest BCUT2D eigenvalue weighted by molar-refractivity contribution is 0.270. The van der Waals surface area contributed by atoms with Gasteiger partial charge >= 0.3 is 0 Å². The van der Waals surface area contributed by atoms with Crippen molar-refractivity contribution in [1.29, 1.82) is 0 Å². The van der Waals surface area contributed by atoms with Gasteiger partial charge in [-0.15, -0.1) is 0 Å². The van der Waals surface area contributed by atoms with E-state index in [9.17, 15) is 0 Å². The molecule has 22 heavy (non-hydrogen) atoms. The molecule has 3 heteroatoms. The van der Waals surface area contributed by atoms with E-state index in [1.165, 1.54) is 5.56 Å². The molecule has 1 aromatic carbocycles. The lowest BCUT2D eigenvalue weighted by Gasteiger charge is -2.30. The summed E-state index contributed by atoms with van der Waals surface area (Å²) in [5, 5.41) is 8.08. The smallest absolute Gasteiger partial charge is 0.0565 e. The van der Waals surface area contributed by atoms with Crippen molar-refractivity contribution in [1.82, 2.24) is 15.1 Å². The first-order valence-corrected chi connectivity index (χ1v) is 8.21. The maximum absolute atomic E-state index is 4.33. The quantitative estimate of drug-likeness (QED) is 0.804. The van der Waals surface area contributed by atoms with Crippen LogP contribution >= 0.6 is 0 Å². The number of hydrogen-bond donors (Lipinski definition) is 1. The summed E-state index contributed by atoms with van der Waals surface area (Å²) in [5.74, 6) is 0.580. The molecule has 0 saturated heterocycles. The van der Waals surface area contributed by atoms with Gasteiger partial charge in [0.15, 0.2) is 0 Å². The molecule has 1 unspecified atom stereocenters. The molecular weight excluding hydrogens is 270 g/mol. The minimum atomic E-state index is 0.235. The minimum absolute atomic E-state index is 0.235. The maximum atomic E-state index is 4.33. The van der Waals surface area contributed by atoms with Gasteiger partial charge in [0.25, 0.3) is 0 Å². The number of rotatable bonds is 8. The molecule has 0 saturated carbocycles. The number of benzene rings is 1. The van der Waals surface area contributed by atoms with Gasteiger partial charge in [0.1, 0.15) is 0 Å². The zero-order chi connectivity index (χ0) is 16.0. The Balaban J connectivity index is 1.90. The number of aromatic nitrogens is 2. The van der Waals surface area contributed by atoms with Crippen LogP contribution in [0.1, 0.15) is 33.3 Å². The van der Waals surface area contributed by atoms with Crippen LogP contribution < -0.4 is 5.32 Å². The molecule has 0 spiro atoms. The summed E-state index contributed by atoms with van der Waals surface area (Å²) in [4.78, 5) is 0. The molecule has 120 valence electrons. The summed E-state index contributed by atoms with van der Waals surface area (Å²) in [5.41, 5.74) is 1.64. The van der Waals surface area contributed by atoms with E-state index >= 15 is 0 Å². The van der Waals surface area contributed by atoms with Gasteiger partial charge in [-0.25, -0.2) is 0 Å². The van der Waals surface area contributed by atoms with Gasteiger partial charge < -0.3 is 5.32 Å². The van der Waals surface area contributed by atoms with Crippen LogP contribution in [-0.2, 0) is 13.0 Å². The van der Waals surface area contributed by atoms with Crippen LogP contribution in [0.3, 0.4) is 0 Å². The fraction of sp³-hybridized carbons (Fsp3) is 0.526. The summed E-state index contributed by atoms with van der Waals surface area (Å²) < 4.78 is 2.02. The van der Waals surface area contributed by atoms with Crippen molar-refractivity contribution in [2.45, 2.75) is 46.7 Å². The molecule has 3 nitrogen and oxygen atoms in total. The molecule has 1 aromatic heterocycles. The van der Waals surface area contributed by atoms with E-state index in [1.807, 2.05) is 23.1 Å². The van der Waals surface area contributed by atoms with Crippen molar-refractivity contribution in [3.05, 3.63) is 54.4 Å². The fourth-order valence-electron chi connectivity index (χ4n) is 2.74. The Labute approximate surface area is 134 Å². The van der Waals surface area contributed by atoms with Crippen LogP contribution in [0.15, 0.2) is 48.8 Å². The van der Waals surface area contributed by atoms with E-state index in [1.54, 1.807) is 0 Å². The van der Waals surface area contributed by atoms with E-state index < -0.39 is 0 Å². The standard InChI is InChI=1S/C19H29N3/c1-16(2)18(14-22-12-8-11-21-22)20-15-19(3,4)13-17-9-6-5-7-10-17/h5-12,16,18,20H,13-15H2,1-4H3. The van der Waals surface area contributed by atoms with Crippen molar-refractivity contribution in [3.63, 3.8) is 0 Å². The summed E-state index contributed by atoms with van der Waals surface area (Å²) >= 11 is 0. The molecule has 0 amide bonds. The molecule has 0 aliphatic heterocycles. The Morgan fingerprint density at radius 2 is 1.86 bits per heavy atom. The highest BCUT2D eigenvalue weighted by molar-refractivity contribution is 5.16. The van der Waals surface area contributed by atoms with Crippen molar-refractivity contribution >= 4 is 0 Å². The van der Waals surface area contributed by atoms with Crippen LogP contribution in [0.2, 0.25) is 0 Å². The summed E-state index contributed by atoms with van der Waals surface area (Å²) in [6.45, 7) is 11.1. The molecule has 2 rings (SSSR count). The SMILES string of the molecule is CC(C)C(Cn1cccn1)NCC(C)(C)Cc1ccccc1. The number of nitrogens with one attached hydrogen (secondary N) is 1. The summed E-state index contributed by atoms with van der Waals surface area (Å²) in [6.07, 6.45) is 4.97. The van der Waals surface area contributed by atoms with Crippen molar-refractivity contribution in [2.24, 2.45) is 11.3 Å². The third kappa shape index (κ3) is 5.30. The average molecular weight is 299 g/mol. The monoisotopic (exact) mass is 299 g/mol. The van der Waals surface area contributed by atoms with Gasteiger partial charge in [-0.05, 0) is 29.4 Å². The highest BCUT2D eigenvalue weighted by Gasteiger charge is 2.22. The van der Waals surface area contributed by atoms with Crippen LogP contribution in [0.4, 0.5) is 0 Å². The predicted molar refractivity (Wildman–Crippen MR) is 92.8 cm³/mol. The number of hydrogen-bond acceptors (Lipinski definition) is 2. The average Bonchev–Trinajstić information content (AvgIpc) is 2.96. The van der Waals surface area contributed by atoms with Gasteiger partial charge in [0, 0.05) is 25.0 Å². The highest BCUT2D eigenvalue weighted by Crippen LogP contribution is 2.21. The molecule has 0 radical (unpaired) electrons. The second-order valence-corrected chi connectivity index (χ2v) is 7.29.